The van der Waals surface area contributed by atoms with Crippen molar-refractivity contribution in [1.82, 2.24) is 5.32 Å². The third kappa shape index (κ3) is 4.27. The van der Waals surface area contributed by atoms with Crippen molar-refractivity contribution >= 4 is 49.9 Å². The highest BCUT2D eigenvalue weighted by Gasteiger charge is 2.20. The third-order valence-electron chi connectivity index (χ3n) is 2.20. The fourth-order valence-corrected chi connectivity index (χ4v) is 3.25. The zero-order chi connectivity index (χ0) is 13.1. The standard InChI is InChI=1S/C10H14ClIN2O2S/c1-7(6-13-2)17(15,16)14-10-4-3-8(12)5-9(10)11/h3-5,7,13-14H,6H2,1-2H3. The van der Waals surface area contributed by atoms with Crippen molar-refractivity contribution in [3.8, 4) is 0 Å². The molecule has 0 aliphatic carbocycles. The highest BCUT2D eigenvalue weighted by Crippen LogP contribution is 2.25. The molecule has 4 nitrogen and oxygen atoms in total. The van der Waals surface area contributed by atoms with Gasteiger partial charge in [-0.3, -0.25) is 4.72 Å². The van der Waals surface area contributed by atoms with E-state index in [4.69, 9.17) is 11.6 Å². The lowest BCUT2D eigenvalue weighted by molar-refractivity contribution is 0.584. The lowest BCUT2D eigenvalue weighted by Gasteiger charge is -2.15. The van der Waals surface area contributed by atoms with Crippen LogP contribution in [0, 0.1) is 3.57 Å². The van der Waals surface area contributed by atoms with Gasteiger partial charge in [0.15, 0.2) is 0 Å². The van der Waals surface area contributed by atoms with Crippen molar-refractivity contribution < 1.29 is 8.42 Å². The van der Waals surface area contributed by atoms with E-state index in [1.807, 2.05) is 0 Å². The first-order valence-corrected chi connectivity index (χ1v) is 7.98. The second-order valence-corrected chi connectivity index (χ2v) is 7.39. The Labute approximate surface area is 120 Å². The monoisotopic (exact) mass is 388 g/mol. The van der Waals surface area contributed by atoms with Crippen molar-refractivity contribution in [2.24, 2.45) is 0 Å². The van der Waals surface area contributed by atoms with Gasteiger partial charge in [0.2, 0.25) is 10.0 Å². The molecule has 1 aromatic rings. The molecule has 0 spiro atoms. The molecule has 0 bridgehead atoms. The Morgan fingerprint density at radius 1 is 1.47 bits per heavy atom. The zero-order valence-electron chi connectivity index (χ0n) is 9.50. The van der Waals surface area contributed by atoms with Gasteiger partial charge in [-0.15, -0.1) is 0 Å². The van der Waals surface area contributed by atoms with Crippen LogP contribution in [0.25, 0.3) is 0 Å². The van der Waals surface area contributed by atoms with Crippen LogP contribution in [-0.4, -0.2) is 27.3 Å². The van der Waals surface area contributed by atoms with E-state index in [9.17, 15) is 8.42 Å². The van der Waals surface area contributed by atoms with Crippen LogP contribution < -0.4 is 10.0 Å². The van der Waals surface area contributed by atoms with Gasteiger partial charge in [0.05, 0.1) is 16.0 Å². The lowest BCUT2D eigenvalue weighted by Crippen LogP contribution is -2.33. The molecule has 0 amide bonds. The molecule has 1 rings (SSSR count). The summed E-state index contributed by atoms with van der Waals surface area (Å²) in [7, 11) is -1.70. The second-order valence-electron chi connectivity index (χ2n) is 3.64. The van der Waals surface area contributed by atoms with Crippen molar-refractivity contribution in [2.75, 3.05) is 18.3 Å². The fourth-order valence-electron chi connectivity index (χ4n) is 1.22. The van der Waals surface area contributed by atoms with Crippen LogP contribution in [0.1, 0.15) is 6.92 Å². The first-order chi connectivity index (χ1) is 7.86. The molecule has 0 saturated heterocycles. The number of sulfonamides is 1. The average Bonchev–Trinajstić information content (AvgIpc) is 2.22. The molecule has 0 heterocycles. The Bertz CT molecular complexity index is 493. The van der Waals surface area contributed by atoms with Crippen molar-refractivity contribution in [1.29, 1.82) is 0 Å². The molecule has 0 aromatic heterocycles. The topological polar surface area (TPSA) is 58.2 Å². The van der Waals surface area contributed by atoms with E-state index in [0.29, 0.717) is 17.3 Å². The number of hydrogen-bond acceptors (Lipinski definition) is 3. The third-order valence-corrected chi connectivity index (χ3v) is 4.92. The van der Waals surface area contributed by atoms with E-state index < -0.39 is 15.3 Å². The van der Waals surface area contributed by atoms with Gasteiger partial charge in [-0.05, 0) is 54.8 Å². The van der Waals surface area contributed by atoms with Crippen LogP contribution >= 0.6 is 34.2 Å². The van der Waals surface area contributed by atoms with Crippen LogP contribution in [0.15, 0.2) is 18.2 Å². The summed E-state index contributed by atoms with van der Waals surface area (Å²) >= 11 is 8.08. The molecule has 0 fully saturated rings. The number of rotatable bonds is 5. The maximum atomic E-state index is 11.9. The molecule has 17 heavy (non-hydrogen) atoms. The molecule has 0 saturated carbocycles. The van der Waals surface area contributed by atoms with Crippen molar-refractivity contribution in [2.45, 2.75) is 12.2 Å². The Balaban J connectivity index is 2.90. The summed E-state index contributed by atoms with van der Waals surface area (Å²) in [5.74, 6) is 0. The maximum absolute atomic E-state index is 11.9. The summed E-state index contributed by atoms with van der Waals surface area (Å²) in [4.78, 5) is 0. The Hall–Kier alpha value is -0.0500. The maximum Gasteiger partial charge on any atom is 0.236 e. The van der Waals surface area contributed by atoms with E-state index in [-0.39, 0.29) is 0 Å². The van der Waals surface area contributed by atoms with Crippen LogP contribution in [0.5, 0.6) is 0 Å². The normalized spacial score (nSPS) is 13.4. The van der Waals surface area contributed by atoms with E-state index >= 15 is 0 Å². The minimum absolute atomic E-state index is 0.386. The average molecular weight is 389 g/mol. The SMILES string of the molecule is CNCC(C)S(=O)(=O)Nc1ccc(I)cc1Cl. The highest BCUT2D eigenvalue weighted by molar-refractivity contribution is 14.1. The minimum atomic E-state index is -3.41. The molecule has 0 radical (unpaired) electrons. The summed E-state index contributed by atoms with van der Waals surface area (Å²) in [6.45, 7) is 2.02. The summed E-state index contributed by atoms with van der Waals surface area (Å²) in [6, 6.07) is 5.17. The summed E-state index contributed by atoms with van der Waals surface area (Å²) in [6.07, 6.45) is 0. The van der Waals surface area contributed by atoms with E-state index in [0.717, 1.165) is 3.57 Å². The molecule has 1 aromatic carbocycles. The Kier molecular flexibility index (Phi) is 5.49. The molecule has 7 heteroatoms. The summed E-state index contributed by atoms with van der Waals surface area (Å²) < 4.78 is 27.3. The largest absolute Gasteiger partial charge is 0.318 e. The second kappa shape index (κ2) is 6.21. The molecule has 1 atom stereocenters. The first-order valence-electron chi connectivity index (χ1n) is 4.98. The summed E-state index contributed by atoms with van der Waals surface area (Å²) in [5.41, 5.74) is 0.412. The lowest BCUT2D eigenvalue weighted by atomic mass is 10.3. The quantitative estimate of drug-likeness (QED) is 0.761. The molecular weight excluding hydrogens is 375 g/mol. The molecule has 1 unspecified atom stereocenters. The van der Waals surface area contributed by atoms with Gasteiger partial charge >= 0.3 is 0 Å². The smallest absolute Gasteiger partial charge is 0.236 e. The van der Waals surface area contributed by atoms with Gasteiger partial charge in [-0.1, -0.05) is 11.6 Å². The van der Waals surface area contributed by atoms with E-state index in [1.54, 1.807) is 32.2 Å². The van der Waals surface area contributed by atoms with E-state index in [2.05, 4.69) is 32.6 Å². The van der Waals surface area contributed by atoms with Crippen LogP contribution in [-0.2, 0) is 10.0 Å². The van der Waals surface area contributed by atoms with Gasteiger partial charge in [0.25, 0.3) is 0 Å². The molecular formula is C10H14ClIN2O2S. The van der Waals surface area contributed by atoms with Gasteiger partial charge in [0.1, 0.15) is 0 Å². The van der Waals surface area contributed by atoms with Crippen molar-refractivity contribution in [3.05, 3.63) is 26.8 Å². The summed E-state index contributed by atoms with van der Waals surface area (Å²) in [5, 5.41) is 2.70. The zero-order valence-corrected chi connectivity index (χ0v) is 13.2. The number of hydrogen-bond donors (Lipinski definition) is 2. The number of benzene rings is 1. The number of anilines is 1. The van der Waals surface area contributed by atoms with Crippen LogP contribution in [0.4, 0.5) is 5.69 Å². The highest BCUT2D eigenvalue weighted by atomic mass is 127. The van der Waals surface area contributed by atoms with Gasteiger partial charge < -0.3 is 5.32 Å². The molecule has 2 N–H and O–H groups in total. The number of halogens is 2. The van der Waals surface area contributed by atoms with Gasteiger partial charge in [-0.2, -0.15) is 0 Å². The number of nitrogens with one attached hydrogen (secondary N) is 2. The predicted molar refractivity (Wildman–Crippen MR) is 80.1 cm³/mol. The van der Waals surface area contributed by atoms with Gasteiger partial charge in [-0.25, -0.2) is 8.42 Å². The van der Waals surface area contributed by atoms with Gasteiger partial charge in [0, 0.05) is 10.1 Å². The predicted octanol–water partition coefficient (Wildman–Crippen LogP) is 2.29. The Morgan fingerprint density at radius 3 is 2.65 bits per heavy atom. The fraction of sp³-hybridized carbons (Fsp3) is 0.400. The first kappa shape index (κ1) is 15.0. The van der Waals surface area contributed by atoms with Crippen LogP contribution in [0.3, 0.4) is 0 Å². The van der Waals surface area contributed by atoms with Crippen LogP contribution in [0.2, 0.25) is 5.02 Å². The Morgan fingerprint density at radius 2 is 2.12 bits per heavy atom. The molecule has 0 aliphatic heterocycles. The molecule has 0 aliphatic rings. The van der Waals surface area contributed by atoms with Crippen molar-refractivity contribution in [3.63, 3.8) is 0 Å². The molecule has 96 valence electrons. The minimum Gasteiger partial charge on any atom is -0.318 e. The van der Waals surface area contributed by atoms with E-state index in [1.165, 1.54) is 0 Å².